The molecule has 4 rings (SSSR count). The average Bonchev–Trinajstić information content (AvgIpc) is 3.24. The van der Waals surface area contributed by atoms with E-state index < -0.39 is 10.0 Å². The summed E-state index contributed by atoms with van der Waals surface area (Å²) >= 11 is 0. The quantitative estimate of drug-likeness (QED) is 0.668. The van der Waals surface area contributed by atoms with Crippen LogP contribution in [0.3, 0.4) is 0 Å². The zero-order valence-electron chi connectivity index (χ0n) is 18.9. The number of carbonyl (C=O) groups is 1. The number of hydrogen-bond acceptors (Lipinski definition) is 7. The highest BCUT2D eigenvalue weighted by atomic mass is 32.2. The number of carbonyl (C=O) groups excluding carboxylic acids is 1. The minimum atomic E-state index is -3.78. The number of amides is 1. The van der Waals surface area contributed by atoms with Crippen molar-refractivity contribution in [3.63, 3.8) is 0 Å². The molecule has 0 aliphatic carbocycles. The second kappa shape index (κ2) is 10.8. The molecule has 10 heteroatoms. The van der Waals surface area contributed by atoms with E-state index in [1.807, 2.05) is 12.1 Å². The fraction of sp³-hybridized carbons (Fsp3) is 0.417. The molecule has 0 unspecified atom stereocenters. The maximum Gasteiger partial charge on any atom is 0.240 e. The highest BCUT2D eigenvalue weighted by Crippen LogP contribution is 2.31. The summed E-state index contributed by atoms with van der Waals surface area (Å²) in [7, 11) is -3.78. The number of benzene rings is 2. The van der Waals surface area contributed by atoms with Gasteiger partial charge in [-0.1, -0.05) is 0 Å². The van der Waals surface area contributed by atoms with Gasteiger partial charge in [0.15, 0.2) is 11.5 Å². The number of anilines is 1. The van der Waals surface area contributed by atoms with Crippen LogP contribution in [0.15, 0.2) is 47.4 Å². The van der Waals surface area contributed by atoms with E-state index in [2.05, 4.69) is 15.7 Å². The van der Waals surface area contributed by atoms with Gasteiger partial charge in [-0.25, -0.2) is 13.1 Å². The molecule has 1 N–H and O–H groups in total. The fourth-order valence-electron chi connectivity index (χ4n) is 4.02. The van der Waals surface area contributed by atoms with Crippen molar-refractivity contribution in [1.82, 2.24) is 9.62 Å². The highest BCUT2D eigenvalue weighted by Gasteiger charge is 2.22. The van der Waals surface area contributed by atoms with Crippen molar-refractivity contribution in [3.05, 3.63) is 48.0 Å². The van der Waals surface area contributed by atoms with Gasteiger partial charge in [-0.3, -0.25) is 4.79 Å². The van der Waals surface area contributed by atoms with Gasteiger partial charge in [-0.15, -0.1) is 0 Å². The monoisotopic (exact) mass is 484 g/mol. The van der Waals surface area contributed by atoms with E-state index >= 15 is 0 Å². The molecule has 0 radical (unpaired) electrons. The third kappa shape index (κ3) is 5.79. The van der Waals surface area contributed by atoms with E-state index in [9.17, 15) is 13.2 Å². The Bertz CT molecular complexity index is 1160. The molecule has 2 aromatic carbocycles. The van der Waals surface area contributed by atoms with Crippen molar-refractivity contribution >= 4 is 21.6 Å². The zero-order chi connectivity index (χ0) is 24.0. The molecule has 0 aromatic heterocycles. The van der Waals surface area contributed by atoms with E-state index in [4.69, 9.17) is 14.7 Å². The molecule has 180 valence electrons. The molecule has 0 bridgehead atoms. The van der Waals surface area contributed by atoms with Crippen molar-refractivity contribution in [1.29, 1.82) is 5.26 Å². The number of nitrogens with one attached hydrogen (secondary N) is 1. The molecule has 1 amide bonds. The first kappa shape index (κ1) is 23.9. The molecule has 1 saturated heterocycles. The number of fused-ring (bicyclic) bond motifs is 1. The molecule has 0 spiro atoms. The SMILES string of the molecule is N#Cc1ccc(N2CCCN(C(=O)CCNS(=O)(=O)c3ccc4c(c3)OCCCO4)CC2)cc1. The van der Waals surface area contributed by atoms with Gasteiger partial charge in [-0.05, 0) is 42.8 Å². The number of sulfonamides is 1. The highest BCUT2D eigenvalue weighted by molar-refractivity contribution is 7.89. The summed E-state index contributed by atoms with van der Waals surface area (Å²) in [5, 5.41) is 8.96. The Hall–Kier alpha value is -3.29. The summed E-state index contributed by atoms with van der Waals surface area (Å²) in [6, 6.07) is 14.1. The second-order valence-electron chi connectivity index (χ2n) is 8.19. The van der Waals surface area contributed by atoms with Crippen molar-refractivity contribution in [2.24, 2.45) is 0 Å². The molecule has 2 aliphatic rings. The number of rotatable bonds is 6. The summed E-state index contributed by atoms with van der Waals surface area (Å²) < 4.78 is 39.0. The Balaban J connectivity index is 1.28. The van der Waals surface area contributed by atoms with Gasteiger partial charge < -0.3 is 19.3 Å². The van der Waals surface area contributed by atoms with Gasteiger partial charge in [0.1, 0.15) is 0 Å². The van der Waals surface area contributed by atoms with E-state index in [-0.39, 0.29) is 23.8 Å². The van der Waals surface area contributed by atoms with E-state index in [0.29, 0.717) is 49.9 Å². The Morgan fingerprint density at radius 3 is 2.50 bits per heavy atom. The van der Waals surface area contributed by atoms with E-state index in [0.717, 1.165) is 25.1 Å². The Morgan fingerprint density at radius 1 is 0.971 bits per heavy atom. The van der Waals surface area contributed by atoms with Crippen LogP contribution in [-0.2, 0) is 14.8 Å². The first-order chi connectivity index (χ1) is 16.5. The molecule has 0 atom stereocenters. The molecule has 2 aromatic rings. The van der Waals surface area contributed by atoms with Crippen LogP contribution in [0.2, 0.25) is 0 Å². The topological polar surface area (TPSA) is 112 Å². The lowest BCUT2D eigenvalue weighted by Crippen LogP contribution is -2.37. The smallest absolute Gasteiger partial charge is 0.240 e. The Morgan fingerprint density at radius 2 is 1.74 bits per heavy atom. The summed E-state index contributed by atoms with van der Waals surface area (Å²) in [6.45, 7) is 3.70. The molecule has 2 heterocycles. The summed E-state index contributed by atoms with van der Waals surface area (Å²) in [5.41, 5.74) is 1.64. The van der Waals surface area contributed by atoms with Crippen molar-refractivity contribution in [2.75, 3.05) is 50.8 Å². The third-order valence-corrected chi connectivity index (χ3v) is 7.33. The Labute approximate surface area is 199 Å². The predicted molar refractivity (Wildman–Crippen MR) is 126 cm³/mol. The predicted octanol–water partition coefficient (Wildman–Crippen LogP) is 2.13. The van der Waals surface area contributed by atoms with Gasteiger partial charge in [0.05, 0.1) is 29.7 Å². The van der Waals surface area contributed by atoms with E-state index in [1.165, 1.54) is 12.1 Å². The molecule has 34 heavy (non-hydrogen) atoms. The van der Waals surface area contributed by atoms with Gasteiger partial charge in [0.2, 0.25) is 15.9 Å². The van der Waals surface area contributed by atoms with Crippen LogP contribution in [-0.4, -0.2) is 65.2 Å². The first-order valence-electron chi connectivity index (χ1n) is 11.4. The number of nitrogens with zero attached hydrogens (tertiary/aromatic N) is 3. The maximum atomic E-state index is 12.7. The molecular weight excluding hydrogens is 456 g/mol. The molecule has 9 nitrogen and oxygen atoms in total. The molecule has 0 saturated carbocycles. The maximum absolute atomic E-state index is 12.7. The lowest BCUT2D eigenvalue weighted by Gasteiger charge is -2.24. The summed E-state index contributed by atoms with van der Waals surface area (Å²) in [4.78, 5) is 16.8. The molecular formula is C24H28N4O5S. The van der Waals surface area contributed by atoms with E-state index in [1.54, 1.807) is 23.1 Å². The van der Waals surface area contributed by atoms with Crippen LogP contribution in [0.25, 0.3) is 0 Å². The fourth-order valence-corrected chi connectivity index (χ4v) is 5.06. The van der Waals surface area contributed by atoms with Crippen LogP contribution in [0.5, 0.6) is 11.5 Å². The van der Waals surface area contributed by atoms with Gasteiger partial charge in [-0.2, -0.15) is 5.26 Å². The van der Waals surface area contributed by atoms with Crippen LogP contribution >= 0.6 is 0 Å². The minimum Gasteiger partial charge on any atom is -0.490 e. The normalized spacial score (nSPS) is 16.3. The molecule has 1 fully saturated rings. The zero-order valence-corrected chi connectivity index (χ0v) is 19.7. The number of hydrogen-bond donors (Lipinski definition) is 1. The average molecular weight is 485 g/mol. The third-order valence-electron chi connectivity index (χ3n) is 5.87. The lowest BCUT2D eigenvalue weighted by molar-refractivity contribution is -0.130. The summed E-state index contributed by atoms with van der Waals surface area (Å²) in [6.07, 6.45) is 1.63. The van der Waals surface area contributed by atoms with Gasteiger partial charge in [0, 0.05) is 57.3 Å². The lowest BCUT2D eigenvalue weighted by atomic mass is 10.2. The van der Waals surface area contributed by atoms with Crippen LogP contribution in [0.1, 0.15) is 24.8 Å². The minimum absolute atomic E-state index is 0.0193. The van der Waals surface area contributed by atoms with Crippen LogP contribution < -0.4 is 19.1 Å². The summed E-state index contributed by atoms with van der Waals surface area (Å²) in [5.74, 6) is 0.860. The standard InChI is InChI=1S/C24H28N4O5S/c25-18-19-3-5-20(6-4-19)27-11-1-12-28(14-13-27)24(29)9-10-26-34(30,31)21-7-8-22-23(17-21)33-16-2-15-32-22/h3-8,17,26H,1-2,9-16H2. The van der Waals surface area contributed by atoms with Crippen LogP contribution in [0.4, 0.5) is 5.69 Å². The van der Waals surface area contributed by atoms with Crippen LogP contribution in [0, 0.1) is 11.3 Å². The Kier molecular flexibility index (Phi) is 7.55. The largest absolute Gasteiger partial charge is 0.490 e. The van der Waals surface area contributed by atoms with Crippen molar-refractivity contribution < 1.29 is 22.7 Å². The van der Waals surface area contributed by atoms with Gasteiger partial charge >= 0.3 is 0 Å². The van der Waals surface area contributed by atoms with Gasteiger partial charge in [0.25, 0.3) is 0 Å². The first-order valence-corrected chi connectivity index (χ1v) is 12.9. The second-order valence-corrected chi connectivity index (χ2v) is 9.95. The molecule has 2 aliphatic heterocycles. The number of nitriles is 1. The van der Waals surface area contributed by atoms with Crippen molar-refractivity contribution in [3.8, 4) is 17.6 Å². The van der Waals surface area contributed by atoms with Crippen molar-refractivity contribution in [2.45, 2.75) is 24.2 Å². The number of ether oxygens (including phenoxy) is 2.